The molecule has 3 rings (SSSR count). The molecule has 0 spiro atoms. The minimum Gasteiger partial charge on any atom is -0.496 e. The number of hydrogen-bond acceptors (Lipinski definition) is 3. The fourth-order valence-corrected chi connectivity index (χ4v) is 2.94. The van der Waals surface area contributed by atoms with E-state index in [4.69, 9.17) is 4.74 Å². The van der Waals surface area contributed by atoms with Gasteiger partial charge in [-0.05, 0) is 23.6 Å². The smallest absolute Gasteiger partial charge is 0.196 e. The third kappa shape index (κ3) is 1.85. The first-order valence-electron chi connectivity index (χ1n) is 5.91. The van der Waals surface area contributed by atoms with Crippen molar-refractivity contribution in [3.05, 3.63) is 52.3 Å². The Balaban J connectivity index is 2.27. The SMILES string of the molecule is COc1cccc2c1c(C(=O)c1ccsc1)cn2C. The summed E-state index contributed by atoms with van der Waals surface area (Å²) in [7, 11) is 3.56. The summed E-state index contributed by atoms with van der Waals surface area (Å²) in [6.07, 6.45) is 1.87. The van der Waals surface area contributed by atoms with Gasteiger partial charge in [0.15, 0.2) is 5.78 Å². The molecule has 2 aromatic heterocycles. The number of nitrogens with zero attached hydrogens (tertiary/aromatic N) is 1. The Labute approximate surface area is 115 Å². The Hall–Kier alpha value is -2.07. The molecule has 0 fully saturated rings. The number of rotatable bonds is 3. The van der Waals surface area contributed by atoms with Crippen LogP contribution in [-0.4, -0.2) is 17.5 Å². The standard InChI is InChI=1S/C15H13NO2S/c1-16-8-11(15(17)10-6-7-19-9-10)14-12(16)4-3-5-13(14)18-2/h3-9H,1-2H3. The van der Waals surface area contributed by atoms with Crippen molar-refractivity contribution >= 4 is 28.0 Å². The molecule has 0 saturated heterocycles. The molecule has 0 amide bonds. The summed E-state index contributed by atoms with van der Waals surface area (Å²) in [5, 5.41) is 4.66. The predicted octanol–water partition coefficient (Wildman–Crippen LogP) is 3.48. The Bertz CT molecular complexity index is 741. The van der Waals surface area contributed by atoms with Gasteiger partial charge in [0, 0.05) is 24.2 Å². The van der Waals surface area contributed by atoms with E-state index >= 15 is 0 Å². The zero-order chi connectivity index (χ0) is 13.4. The van der Waals surface area contributed by atoms with E-state index in [0.29, 0.717) is 5.56 Å². The number of aryl methyl sites for hydroxylation is 1. The number of carbonyl (C=O) groups is 1. The van der Waals surface area contributed by atoms with Crippen molar-refractivity contribution in [2.75, 3.05) is 7.11 Å². The summed E-state index contributed by atoms with van der Waals surface area (Å²) < 4.78 is 7.34. The van der Waals surface area contributed by atoms with Crippen LogP contribution in [0.3, 0.4) is 0 Å². The fourth-order valence-electron chi connectivity index (χ4n) is 2.30. The van der Waals surface area contributed by atoms with E-state index < -0.39 is 0 Å². The Morgan fingerprint density at radius 3 is 2.84 bits per heavy atom. The van der Waals surface area contributed by atoms with Crippen molar-refractivity contribution in [1.29, 1.82) is 0 Å². The molecule has 3 nitrogen and oxygen atoms in total. The molecule has 0 N–H and O–H groups in total. The summed E-state index contributed by atoms with van der Waals surface area (Å²) in [5.74, 6) is 0.771. The van der Waals surface area contributed by atoms with Crippen LogP contribution in [-0.2, 0) is 7.05 Å². The second kappa shape index (κ2) is 4.55. The molecule has 4 heteroatoms. The van der Waals surface area contributed by atoms with Crippen LogP contribution in [0, 0.1) is 0 Å². The second-order valence-corrected chi connectivity index (χ2v) is 5.13. The highest BCUT2D eigenvalue weighted by atomic mass is 32.1. The molecule has 0 aliphatic rings. The number of ether oxygens (including phenoxy) is 1. The minimum atomic E-state index is 0.0383. The summed E-state index contributed by atoms with van der Waals surface area (Å²) >= 11 is 1.53. The van der Waals surface area contributed by atoms with Gasteiger partial charge in [-0.2, -0.15) is 11.3 Å². The molecule has 2 heterocycles. The average molecular weight is 271 g/mol. The minimum absolute atomic E-state index is 0.0383. The van der Waals surface area contributed by atoms with Crippen molar-refractivity contribution in [3.8, 4) is 5.75 Å². The monoisotopic (exact) mass is 271 g/mol. The van der Waals surface area contributed by atoms with Gasteiger partial charge in [-0.1, -0.05) is 6.07 Å². The van der Waals surface area contributed by atoms with Crippen LogP contribution in [0.4, 0.5) is 0 Å². The highest BCUT2D eigenvalue weighted by Crippen LogP contribution is 2.31. The lowest BCUT2D eigenvalue weighted by Gasteiger charge is -2.04. The van der Waals surface area contributed by atoms with Crippen molar-refractivity contribution in [1.82, 2.24) is 4.57 Å². The van der Waals surface area contributed by atoms with Crippen LogP contribution in [0.5, 0.6) is 5.75 Å². The number of ketones is 1. The number of benzene rings is 1. The maximum Gasteiger partial charge on any atom is 0.196 e. The zero-order valence-corrected chi connectivity index (χ0v) is 11.5. The number of carbonyl (C=O) groups excluding carboxylic acids is 1. The van der Waals surface area contributed by atoms with Crippen LogP contribution in [0.25, 0.3) is 10.9 Å². The predicted molar refractivity (Wildman–Crippen MR) is 77.2 cm³/mol. The molecule has 0 saturated carbocycles. The fraction of sp³-hybridized carbons (Fsp3) is 0.133. The van der Waals surface area contributed by atoms with Gasteiger partial charge in [0.2, 0.25) is 0 Å². The van der Waals surface area contributed by atoms with E-state index in [1.54, 1.807) is 7.11 Å². The number of hydrogen-bond donors (Lipinski definition) is 0. The number of thiophene rings is 1. The summed E-state index contributed by atoms with van der Waals surface area (Å²) in [4.78, 5) is 12.5. The molecule has 0 aliphatic heterocycles. The molecule has 1 aromatic carbocycles. The normalized spacial score (nSPS) is 10.8. The van der Waals surface area contributed by atoms with Crippen LogP contribution in [0.2, 0.25) is 0 Å². The summed E-state index contributed by atoms with van der Waals surface area (Å²) in [6, 6.07) is 7.65. The molecule has 19 heavy (non-hydrogen) atoms. The van der Waals surface area contributed by atoms with Crippen LogP contribution >= 0.6 is 11.3 Å². The average Bonchev–Trinajstić information content (AvgIpc) is 3.06. The van der Waals surface area contributed by atoms with E-state index in [1.807, 2.05) is 52.8 Å². The van der Waals surface area contributed by atoms with Crippen molar-refractivity contribution in [2.45, 2.75) is 0 Å². The maximum absolute atomic E-state index is 12.5. The van der Waals surface area contributed by atoms with E-state index in [0.717, 1.165) is 22.2 Å². The van der Waals surface area contributed by atoms with Gasteiger partial charge in [0.1, 0.15) is 5.75 Å². The molecule has 96 valence electrons. The Morgan fingerprint density at radius 1 is 1.32 bits per heavy atom. The lowest BCUT2D eigenvalue weighted by Crippen LogP contribution is -1.99. The molecular formula is C15H13NO2S. The molecule has 0 radical (unpaired) electrons. The number of aromatic nitrogens is 1. The van der Waals surface area contributed by atoms with Gasteiger partial charge >= 0.3 is 0 Å². The third-order valence-electron chi connectivity index (χ3n) is 3.22. The molecule has 0 atom stereocenters. The quantitative estimate of drug-likeness (QED) is 0.683. The van der Waals surface area contributed by atoms with Gasteiger partial charge < -0.3 is 9.30 Å². The van der Waals surface area contributed by atoms with E-state index in [2.05, 4.69) is 0 Å². The van der Waals surface area contributed by atoms with Gasteiger partial charge in [0.05, 0.1) is 23.6 Å². The second-order valence-electron chi connectivity index (χ2n) is 4.35. The number of fused-ring (bicyclic) bond motifs is 1. The molecule has 3 aromatic rings. The molecule has 0 unspecified atom stereocenters. The van der Waals surface area contributed by atoms with Crippen LogP contribution < -0.4 is 4.74 Å². The topological polar surface area (TPSA) is 31.2 Å². The van der Waals surface area contributed by atoms with Gasteiger partial charge in [-0.3, -0.25) is 4.79 Å². The third-order valence-corrected chi connectivity index (χ3v) is 3.91. The van der Waals surface area contributed by atoms with Crippen molar-refractivity contribution in [3.63, 3.8) is 0 Å². The zero-order valence-electron chi connectivity index (χ0n) is 10.7. The molecule has 0 bridgehead atoms. The maximum atomic E-state index is 12.5. The summed E-state index contributed by atoms with van der Waals surface area (Å²) in [5.41, 5.74) is 2.41. The van der Waals surface area contributed by atoms with Crippen LogP contribution in [0.1, 0.15) is 15.9 Å². The summed E-state index contributed by atoms with van der Waals surface area (Å²) in [6.45, 7) is 0. The van der Waals surface area contributed by atoms with Gasteiger partial charge in [-0.25, -0.2) is 0 Å². The van der Waals surface area contributed by atoms with Crippen LogP contribution in [0.15, 0.2) is 41.2 Å². The lowest BCUT2D eigenvalue weighted by atomic mass is 10.0. The van der Waals surface area contributed by atoms with E-state index in [1.165, 1.54) is 11.3 Å². The van der Waals surface area contributed by atoms with Crippen molar-refractivity contribution in [2.24, 2.45) is 7.05 Å². The molecule has 0 aliphatic carbocycles. The highest BCUT2D eigenvalue weighted by Gasteiger charge is 2.18. The van der Waals surface area contributed by atoms with E-state index in [-0.39, 0.29) is 5.78 Å². The van der Waals surface area contributed by atoms with Gasteiger partial charge in [0.25, 0.3) is 0 Å². The first-order valence-corrected chi connectivity index (χ1v) is 6.85. The Kier molecular flexibility index (Phi) is 2.87. The lowest BCUT2D eigenvalue weighted by molar-refractivity contribution is 0.104. The first-order chi connectivity index (χ1) is 9.22. The first kappa shape index (κ1) is 12.0. The van der Waals surface area contributed by atoms with E-state index in [9.17, 15) is 4.79 Å². The largest absolute Gasteiger partial charge is 0.496 e. The highest BCUT2D eigenvalue weighted by molar-refractivity contribution is 7.08. The number of methoxy groups -OCH3 is 1. The Morgan fingerprint density at radius 2 is 2.16 bits per heavy atom. The van der Waals surface area contributed by atoms with Crippen molar-refractivity contribution < 1.29 is 9.53 Å². The molecular weight excluding hydrogens is 258 g/mol. The van der Waals surface area contributed by atoms with Gasteiger partial charge in [-0.15, -0.1) is 0 Å².